The average molecular weight is 157 g/mol. The minimum atomic E-state index is -0.557. The monoisotopic (exact) mass is 157 g/mol. The molecule has 0 unspecified atom stereocenters. The molecule has 3 N–H and O–H groups in total. The van der Waals surface area contributed by atoms with Crippen molar-refractivity contribution >= 4 is 0 Å². The van der Waals surface area contributed by atoms with E-state index in [1.54, 1.807) is 0 Å². The van der Waals surface area contributed by atoms with Crippen molar-refractivity contribution in [2.24, 2.45) is 11.1 Å². The topological polar surface area (TPSA) is 46.2 Å². The van der Waals surface area contributed by atoms with Gasteiger partial charge in [-0.2, -0.15) is 0 Å². The first kappa shape index (κ1) is 9.01. The van der Waals surface area contributed by atoms with Crippen molar-refractivity contribution in [3.05, 3.63) is 0 Å². The lowest BCUT2D eigenvalue weighted by Crippen LogP contribution is -2.58. The zero-order valence-electron chi connectivity index (χ0n) is 7.72. The normalized spacial score (nSPS) is 25.9. The fourth-order valence-corrected chi connectivity index (χ4v) is 1.66. The Hall–Kier alpha value is -0.0800. The highest BCUT2D eigenvalue weighted by atomic mass is 16.3. The molecule has 1 aliphatic carbocycles. The molecule has 0 heterocycles. The fourth-order valence-electron chi connectivity index (χ4n) is 1.66. The van der Waals surface area contributed by atoms with Crippen LogP contribution < -0.4 is 5.73 Å². The Morgan fingerprint density at radius 1 is 1.36 bits per heavy atom. The number of nitrogens with two attached hydrogens (primary N) is 1. The lowest BCUT2D eigenvalue weighted by Gasteiger charge is -2.47. The van der Waals surface area contributed by atoms with E-state index in [9.17, 15) is 5.11 Å². The first-order chi connectivity index (χ1) is 4.86. The SMILES string of the molecule is CC(C)(C)[C@@H](N)C1(O)CCC1. The first-order valence-corrected chi connectivity index (χ1v) is 4.34. The quantitative estimate of drug-likeness (QED) is 0.602. The van der Waals surface area contributed by atoms with E-state index in [0.29, 0.717) is 0 Å². The Morgan fingerprint density at radius 2 is 1.82 bits per heavy atom. The largest absolute Gasteiger partial charge is 0.388 e. The Balaban J connectivity index is 2.60. The maximum Gasteiger partial charge on any atom is 0.0803 e. The van der Waals surface area contributed by atoms with E-state index in [0.717, 1.165) is 19.3 Å². The summed E-state index contributed by atoms with van der Waals surface area (Å²) in [7, 11) is 0. The second-order valence-electron chi connectivity index (χ2n) is 4.80. The fraction of sp³-hybridized carbons (Fsp3) is 1.00. The van der Waals surface area contributed by atoms with Gasteiger partial charge in [0.1, 0.15) is 0 Å². The van der Waals surface area contributed by atoms with E-state index in [1.807, 2.05) is 0 Å². The van der Waals surface area contributed by atoms with Gasteiger partial charge in [0, 0.05) is 6.04 Å². The van der Waals surface area contributed by atoms with E-state index in [2.05, 4.69) is 20.8 Å². The first-order valence-electron chi connectivity index (χ1n) is 4.34. The second-order valence-corrected chi connectivity index (χ2v) is 4.80. The lowest BCUT2D eigenvalue weighted by molar-refractivity contribution is -0.0810. The van der Waals surface area contributed by atoms with Crippen molar-refractivity contribution in [1.82, 2.24) is 0 Å². The molecular weight excluding hydrogens is 138 g/mol. The van der Waals surface area contributed by atoms with Gasteiger partial charge in [0.25, 0.3) is 0 Å². The molecule has 2 heteroatoms. The van der Waals surface area contributed by atoms with Crippen molar-refractivity contribution in [3.8, 4) is 0 Å². The Morgan fingerprint density at radius 3 is 1.91 bits per heavy atom. The molecule has 0 aromatic heterocycles. The lowest BCUT2D eigenvalue weighted by atomic mass is 9.67. The van der Waals surface area contributed by atoms with Gasteiger partial charge in [0.2, 0.25) is 0 Å². The molecule has 1 saturated carbocycles. The zero-order chi connectivity index (χ0) is 8.70. The van der Waals surface area contributed by atoms with E-state index < -0.39 is 5.60 Å². The summed E-state index contributed by atoms with van der Waals surface area (Å²) in [5, 5.41) is 9.89. The highest BCUT2D eigenvalue weighted by Gasteiger charge is 2.45. The van der Waals surface area contributed by atoms with Crippen LogP contribution in [0.2, 0.25) is 0 Å². The van der Waals surface area contributed by atoms with Crippen LogP contribution in [-0.4, -0.2) is 16.7 Å². The Bertz CT molecular complexity index is 144. The van der Waals surface area contributed by atoms with Gasteiger partial charge in [-0.1, -0.05) is 20.8 Å². The average Bonchev–Trinajstić information content (AvgIpc) is 1.79. The molecule has 1 atom stereocenters. The number of rotatable bonds is 1. The van der Waals surface area contributed by atoms with Crippen LogP contribution in [-0.2, 0) is 0 Å². The molecular formula is C9H19NO. The van der Waals surface area contributed by atoms with Gasteiger partial charge in [-0.15, -0.1) is 0 Å². The minimum Gasteiger partial charge on any atom is -0.388 e. The molecule has 0 aliphatic heterocycles. The molecule has 1 rings (SSSR count). The summed E-state index contributed by atoms with van der Waals surface area (Å²) in [4.78, 5) is 0. The molecule has 0 aromatic carbocycles. The summed E-state index contributed by atoms with van der Waals surface area (Å²) < 4.78 is 0. The van der Waals surface area contributed by atoms with Crippen LogP contribution >= 0.6 is 0 Å². The van der Waals surface area contributed by atoms with Gasteiger partial charge in [-0.05, 0) is 24.7 Å². The molecule has 0 spiro atoms. The maximum absolute atomic E-state index is 9.89. The molecule has 66 valence electrons. The van der Waals surface area contributed by atoms with Gasteiger partial charge in [0.05, 0.1) is 5.60 Å². The highest BCUT2D eigenvalue weighted by molar-refractivity contribution is 5.01. The molecule has 11 heavy (non-hydrogen) atoms. The molecule has 0 radical (unpaired) electrons. The third kappa shape index (κ3) is 1.57. The Labute approximate surface area is 68.8 Å². The van der Waals surface area contributed by atoms with Crippen LogP contribution in [0.15, 0.2) is 0 Å². The standard InChI is InChI=1S/C9H19NO/c1-8(2,3)7(10)9(11)5-4-6-9/h7,11H,4-6,10H2,1-3H3/t7-/m1/s1. The van der Waals surface area contributed by atoms with Crippen molar-refractivity contribution in [1.29, 1.82) is 0 Å². The molecule has 0 aromatic rings. The molecule has 1 fully saturated rings. The van der Waals surface area contributed by atoms with Gasteiger partial charge in [-0.25, -0.2) is 0 Å². The van der Waals surface area contributed by atoms with Crippen LogP contribution in [0.3, 0.4) is 0 Å². The van der Waals surface area contributed by atoms with Crippen LogP contribution in [0.1, 0.15) is 40.0 Å². The summed E-state index contributed by atoms with van der Waals surface area (Å²) in [5.74, 6) is 0. The minimum absolute atomic E-state index is 0.0230. The maximum atomic E-state index is 9.89. The number of hydrogen-bond donors (Lipinski definition) is 2. The van der Waals surface area contributed by atoms with Crippen molar-refractivity contribution in [2.45, 2.75) is 51.7 Å². The van der Waals surface area contributed by atoms with E-state index >= 15 is 0 Å². The van der Waals surface area contributed by atoms with Crippen LogP contribution in [0, 0.1) is 5.41 Å². The molecule has 2 nitrogen and oxygen atoms in total. The third-order valence-corrected chi connectivity index (χ3v) is 2.73. The molecule has 0 amide bonds. The number of aliphatic hydroxyl groups is 1. The van der Waals surface area contributed by atoms with Crippen LogP contribution in [0.25, 0.3) is 0 Å². The van der Waals surface area contributed by atoms with Crippen molar-refractivity contribution < 1.29 is 5.11 Å². The van der Waals surface area contributed by atoms with Gasteiger partial charge >= 0.3 is 0 Å². The van der Waals surface area contributed by atoms with Gasteiger partial charge < -0.3 is 10.8 Å². The van der Waals surface area contributed by atoms with Crippen LogP contribution in [0.4, 0.5) is 0 Å². The summed E-state index contributed by atoms with van der Waals surface area (Å²) >= 11 is 0. The molecule has 0 saturated heterocycles. The zero-order valence-corrected chi connectivity index (χ0v) is 7.72. The van der Waals surface area contributed by atoms with E-state index in [-0.39, 0.29) is 11.5 Å². The van der Waals surface area contributed by atoms with E-state index in [4.69, 9.17) is 5.73 Å². The van der Waals surface area contributed by atoms with E-state index in [1.165, 1.54) is 0 Å². The molecule has 1 aliphatic rings. The van der Waals surface area contributed by atoms with Crippen molar-refractivity contribution in [3.63, 3.8) is 0 Å². The second kappa shape index (κ2) is 2.46. The predicted octanol–water partition coefficient (Wildman–Crippen LogP) is 1.27. The highest BCUT2D eigenvalue weighted by Crippen LogP contribution is 2.39. The molecule has 0 bridgehead atoms. The smallest absolute Gasteiger partial charge is 0.0803 e. The van der Waals surface area contributed by atoms with Gasteiger partial charge in [-0.3, -0.25) is 0 Å². The van der Waals surface area contributed by atoms with Crippen molar-refractivity contribution in [2.75, 3.05) is 0 Å². The number of hydrogen-bond acceptors (Lipinski definition) is 2. The summed E-state index contributed by atoms with van der Waals surface area (Å²) in [6.07, 6.45) is 2.89. The predicted molar refractivity (Wildman–Crippen MR) is 46.2 cm³/mol. The van der Waals surface area contributed by atoms with Gasteiger partial charge in [0.15, 0.2) is 0 Å². The third-order valence-electron chi connectivity index (χ3n) is 2.73. The summed E-state index contributed by atoms with van der Waals surface area (Å²) in [5.41, 5.74) is 5.41. The summed E-state index contributed by atoms with van der Waals surface area (Å²) in [6, 6.07) is -0.0799. The van der Waals surface area contributed by atoms with Crippen LogP contribution in [0.5, 0.6) is 0 Å². The Kier molecular flexibility index (Phi) is 2.01. The summed E-state index contributed by atoms with van der Waals surface area (Å²) in [6.45, 7) is 6.23.